The third-order valence-electron chi connectivity index (χ3n) is 2.71. The Labute approximate surface area is 125 Å². The molecule has 2 unspecified atom stereocenters. The van der Waals surface area contributed by atoms with E-state index in [1.54, 1.807) is 30.3 Å². The second kappa shape index (κ2) is 6.70. The highest BCUT2D eigenvalue weighted by molar-refractivity contribution is 6.05. The lowest BCUT2D eigenvalue weighted by Crippen LogP contribution is -2.30. The molecule has 0 saturated carbocycles. The fourth-order valence-corrected chi connectivity index (χ4v) is 1.72. The van der Waals surface area contributed by atoms with E-state index in [1.165, 1.54) is 6.92 Å². The summed E-state index contributed by atoms with van der Waals surface area (Å²) in [5.41, 5.74) is 0.298. The summed E-state index contributed by atoms with van der Waals surface area (Å²) in [4.78, 5) is 45.3. The van der Waals surface area contributed by atoms with Gasteiger partial charge >= 0.3 is 12.1 Å². The van der Waals surface area contributed by atoms with E-state index in [2.05, 4.69) is 4.74 Å². The molecule has 0 aromatic heterocycles. The number of esters is 1. The lowest BCUT2D eigenvalue weighted by Gasteiger charge is -2.15. The zero-order valence-corrected chi connectivity index (χ0v) is 11.6. The molecule has 0 spiro atoms. The van der Waals surface area contributed by atoms with Gasteiger partial charge in [0.25, 0.3) is 5.91 Å². The first-order chi connectivity index (χ1) is 10.5. The minimum absolute atomic E-state index is 0.258. The molecule has 8 nitrogen and oxygen atoms in total. The van der Waals surface area contributed by atoms with Crippen molar-refractivity contribution in [2.75, 3.05) is 0 Å². The number of benzene rings is 1. The van der Waals surface area contributed by atoms with E-state index in [4.69, 9.17) is 9.47 Å². The van der Waals surface area contributed by atoms with Gasteiger partial charge in [0.1, 0.15) is 0 Å². The van der Waals surface area contributed by atoms with Crippen molar-refractivity contribution in [3.8, 4) is 0 Å². The summed E-state index contributed by atoms with van der Waals surface area (Å²) < 4.78 is 14.2. The molecule has 1 N–H and O–H groups in total. The average Bonchev–Trinajstić information content (AvgIpc) is 2.77. The Morgan fingerprint density at radius 2 is 1.86 bits per heavy atom. The van der Waals surface area contributed by atoms with Crippen LogP contribution in [0.15, 0.2) is 30.3 Å². The van der Waals surface area contributed by atoms with Gasteiger partial charge in [-0.25, -0.2) is 9.59 Å². The lowest BCUT2D eigenvalue weighted by atomic mass is 10.2. The molecule has 2 rings (SSSR count). The Bertz CT molecular complexity index is 598. The number of hydrogen-bond donors (Lipinski definition) is 1. The summed E-state index contributed by atoms with van der Waals surface area (Å²) in [6.45, 7) is 1.32. The van der Waals surface area contributed by atoms with Crippen LogP contribution in [-0.4, -0.2) is 36.3 Å². The van der Waals surface area contributed by atoms with Gasteiger partial charge in [-0.2, -0.15) is 0 Å². The van der Waals surface area contributed by atoms with Crippen LogP contribution in [0.4, 0.5) is 4.79 Å². The van der Waals surface area contributed by atoms with E-state index in [0.717, 1.165) is 0 Å². The van der Waals surface area contributed by atoms with Crippen molar-refractivity contribution in [3.63, 3.8) is 0 Å². The van der Waals surface area contributed by atoms with Crippen LogP contribution in [0.5, 0.6) is 0 Å². The minimum atomic E-state index is -1.22. The number of rotatable bonds is 4. The van der Waals surface area contributed by atoms with E-state index >= 15 is 0 Å². The van der Waals surface area contributed by atoms with Crippen LogP contribution in [0.25, 0.3) is 0 Å². The van der Waals surface area contributed by atoms with Crippen LogP contribution in [0.1, 0.15) is 23.7 Å². The molecule has 1 aliphatic rings. The quantitative estimate of drug-likeness (QED) is 0.497. The summed E-state index contributed by atoms with van der Waals surface area (Å²) in [7, 11) is 0. The second-order valence-corrected chi connectivity index (χ2v) is 4.43. The third kappa shape index (κ3) is 4.05. The van der Waals surface area contributed by atoms with Gasteiger partial charge in [-0.3, -0.25) is 14.9 Å². The maximum absolute atomic E-state index is 11.7. The highest BCUT2D eigenvalue weighted by atomic mass is 16.8. The Morgan fingerprint density at radius 3 is 2.45 bits per heavy atom. The molecule has 22 heavy (non-hydrogen) atoms. The molecule has 1 fully saturated rings. The smallest absolute Gasteiger partial charge is 0.422 e. The third-order valence-corrected chi connectivity index (χ3v) is 2.71. The molecule has 2 amide bonds. The summed E-state index contributed by atoms with van der Waals surface area (Å²) in [5.74, 6) is -1.92. The van der Waals surface area contributed by atoms with E-state index in [9.17, 15) is 19.2 Å². The number of carbonyl (C=O) groups excluding carboxylic acids is 4. The molecule has 0 aliphatic carbocycles. The highest BCUT2D eigenvalue weighted by Gasteiger charge is 2.34. The van der Waals surface area contributed by atoms with Crippen molar-refractivity contribution in [1.82, 2.24) is 5.32 Å². The number of carbonyl (C=O) groups is 4. The SMILES string of the molecule is CC(OC(=O)OC1CC(=O)NC1=O)OC(=O)c1ccccc1. The molecular formula is C14H13NO7. The summed E-state index contributed by atoms with van der Waals surface area (Å²) in [6.07, 6.45) is -3.90. The van der Waals surface area contributed by atoms with Gasteiger partial charge in [0.2, 0.25) is 12.2 Å². The first-order valence-electron chi connectivity index (χ1n) is 6.42. The standard InChI is InChI=1S/C14H13NO7/c1-8(20-13(18)9-5-3-2-4-6-9)21-14(19)22-10-7-11(16)15-12(10)17/h2-6,8,10H,7H2,1H3,(H,15,16,17). The summed E-state index contributed by atoms with van der Waals surface area (Å²) in [6, 6.07) is 8.14. The zero-order chi connectivity index (χ0) is 16.1. The topological polar surface area (TPSA) is 108 Å². The number of hydrogen-bond acceptors (Lipinski definition) is 7. The van der Waals surface area contributed by atoms with Crippen LogP contribution < -0.4 is 5.32 Å². The summed E-state index contributed by atoms with van der Waals surface area (Å²) >= 11 is 0. The van der Waals surface area contributed by atoms with Crippen molar-refractivity contribution in [1.29, 1.82) is 0 Å². The molecule has 1 aliphatic heterocycles. The molecule has 0 bridgehead atoms. The van der Waals surface area contributed by atoms with E-state index in [1.807, 2.05) is 5.32 Å². The molecule has 1 aromatic carbocycles. The van der Waals surface area contributed by atoms with Crippen molar-refractivity contribution in [2.45, 2.75) is 25.7 Å². The van der Waals surface area contributed by atoms with Gasteiger partial charge in [0, 0.05) is 6.92 Å². The highest BCUT2D eigenvalue weighted by Crippen LogP contribution is 2.10. The molecule has 0 radical (unpaired) electrons. The molecule has 116 valence electrons. The van der Waals surface area contributed by atoms with Crippen molar-refractivity contribution in [2.24, 2.45) is 0 Å². The van der Waals surface area contributed by atoms with Gasteiger partial charge in [0.15, 0.2) is 6.10 Å². The Morgan fingerprint density at radius 1 is 1.18 bits per heavy atom. The lowest BCUT2D eigenvalue weighted by molar-refractivity contribution is -0.131. The monoisotopic (exact) mass is 307 g/mol. The van der Waals surface area contributed by atoms with Crippen LogP contribution in [0.3, 0.4) is 0 Å². The fourth-order valence-electron chi connectivity index (χ4n) is 1.72. The largest absolute Gasteiger partial charge is 0.512 e. The Kier molecular flexibility index (Phi) is 4.72. The predicted octanol–water partition coefficient (Wildman–Crippen LogP) is 0.758. The predicted molar refractivity (Wildman–Crippen MR) is 70.4 cm³/mol. The van der Waals surface area contributed by atoms with Crippen LogP contribution in [0, 0.1) is 0 Å². The van der Waals surface area contributed by atoms with Gasteiger partial charge < -0.3 is 14.2 Å². The first-order valence-corrected chi connectivity index (χ1v) is 6.42. The molecule has 8 heteroatoms. The van der Waals surface area contributed by atoms with Crippen LogP contribution in [-0.2, 0) is 23.8 Å². The van der Waals surface area contributed by atoms with Crippen molar-refractivity contribution in [3.05, 3.63) is 35.9 Å². The molecule has 1 saturated heterocycles. The minimum Gasteiger partial charge on any atom is -0.422 e. The number of nitrogens with one attached hydrogen (secondary N) is 1. The van der Waals surface area contributed by atoms with Crippen LogP contribution in [0.2, 0.25) is 0 Å². The maximum atomic E-state index is 11.7. The Balaban J connectivity index is 1.80. The molecular weight excluding hydrogens is 294 g/mol. The fraction of sp³-hybridized carbons (Fsp3) is 0.286. The molecule has 1 heterocycles. The van der Waals surface area contributed by atoms with Gasteiger partial charge in [-0.15, -0.1) is 0 Å². The van der Waals surface area contributed by atoms with E-state index in [-0.39, 0.29) is 6.42 Å². The van der Waals surface area contributed by atoms with Gasteiger partial charge in [0.05, 0.1) is 12.0 Å². The van der Waals surface area contributed by atoms with E-state index < -0.39 is 36.3 Å². The first kappa shape index (κ1) is 15.5. The second-order valence-electron chi connectivity index (χ2n) is 4.43. The van der Waals surface area contributed by atoms with Gasteiger partial charge in [-0.1, -0.05) is 18.2 Å². The van der Waals surface area contributed by atoms with Gasteiger partial charge in [-0.05, 0) is 12.1 Å². The number of imide groups is 1. The molecule has 1 aromatic rings. The Hall–Kier alpha value is -2.90. The average molecular weight is 307 g/mol. The maximum Gasteiger partial charge on any atom is 0.512 e. The van der Waals surface area contributed by atoms with E-state index in [0.29, 0.717) is 5.56 Å². The zero-order valence-electron chi connectivity index (χ0n) is 11.6. The van der Waals surface area contributed by atoms with Crippen LogP contribution >= 0.6 is 0 Å². The number of ether oxygens (including phenoxy) is 3. The van der Waals surface area contributed by atoms with Crippen molar-refractivity contribution < 1.29 is 33.4 Å². The van der Waals surface area contributed by atoms with Crippen molar-refractivity contribution >= 4 is 23.9 Å². The molecule has 2 atom stereocenters. The summed E-state index contributed by atoms with van der Waals surface area (Å²) in [5, 5.41) is 1.98. The number of amides is 2. The normalized spacial score (nSPS) is 18.3.